The average molecular weight is 263 g/mol. The number of hydrogen-bond donors (Lipinski definition) is 2. The molecule has 2 atom stereocenters. The maximum absolute atomic E-state index is 9.94. The molecule has 1 aromatic carbocycles. The van der Waals surface area contributed by atoms with E-state index in [0.717, 1.165) is 49.4 Å². The first-order valence-corrected chi connectivity index (χ1v) is 7.11. The molecule has 0 radical (unpaired) electrons. The van der Waals surface area contributed by atoms with Crippen LogP contribution < -0.4 is 14.8 Å². The first kappa shape index (κ1) is 12.8. The largest absolute Gasteiger partial charge is 0.454 e. The number of hydrogen-bond acceptors (Lipinski definition) is 4. The predicted molar refractivity (Wildman–Crippen MR) is 72.2 cm³/mol. The lowest BCUT2D eigenvalue weighted by Crippen LogP contribution is -2.33. The molecule has 4 heteroatoms. The van der Waals surface area contributed by atoms with Gasteiger partial charge >= 0.3 is 0 Å². The fraction of sp³-hybridized carbons (Fsp3) is 0.600. The first-order valence-electron chi connectivity index (χ1n) is 7.11. The Hall–Kier alpha value is -1.26. The van der Waals surface area contributed by atoms with E-state index in [1.807, 2.05) is 12.1 Å². The highest BCUT2D eigenvalue weighted by Crippen LogP contribution is 2.35. The van der Waals surface area contributed by atoms with Crippen molar-refractivity contribution in [3.8, 4) is 11.5 Å². The second-order valence-corrected chi connectivity index (χ2v) is 5.39. The van der Waals surface area contributed by atoms with Crippen LogP contribution in [0.3, 0.4) is 0 Å². The van der Waals surface area contributed by atoms with E-state index in [2.05, 4.69) is 11.4 Å². The lowest BCUT2D eigenvalue weighted by Gasteiger charge is -2.27. The van der Waals surface area contributed by atoms with E-state index in [-0.39, 0.29) is 6.10 Å². The van der Waals surface area contributed by atoms with Crippen molar-refractivity contribution < 1.29 is 14.6 Å². The Labute approximate surface area is 113 Å². The Morgan fingerprint density at radius 3 is 3.00 bits per heavy atom. The molecule has 2 aliphatic rings. The minimum Gasteiger partial charge on any atom is -0.454 e. The van der Waals surface area contributed by atoms with Gasteiger partial charge in [-0.05, 0) is 24.8 Å². The van der Waals surface area contributed by atoms with Crippen LogP contribution in [0.4, 0.5) is 0 Å². The van der Waals surface area contributed by atoms with Crippen molar-refractivity contribution in [1.82, 2.24) is 5.32 Å². The van der Waals surface area contributed by atoms with Crippen molar-refractivity contribution in [2.24, 2.45) is 5.92 Å². The van der Waals surface area contributed by atoms with Crippen LogP contribution in [0.25, 0.3) is 0 Å². The van der Waals surface area contributed by atoms with Crippen LogP contribution in [-0.4, -0.2) is 24.5 Å². The number of ether oxygens (including phenoxy) is 2. The summed E-state index contributed by atoms with van der Waals surface area (Å²) < 4.78 is 10.8. The standard InChI is InChI=1S/C15H21NO3/c17-13-6-2-1-4-11(13)8-16-9-12-5-3-7-14-15(12)19-10-18-14/h3,5,7,11,13,16-17H,1-2,4,6,8-10H2. The van der Waals surface area contributed by atoms with E-state index in [1.54, 1.807) is 0 Å². The number of fused-ring (bicyclic) bond motifs is 1. The van der Waals surface area contributed by atoms with Gasteiger partial charge < -0.3 is 19.9 Å². The number of aliphatic hydroxyl groups excluding tert-OH is 1. The lowest BCUT2D eigenvalue weighted by atomic mass is 9.86. The summed E-state index contributed by atoms with van der Waals surface area (Å²) in [5, 5.41) is 13.4. The highest BCUT2D eigenvalue weighted by Gasteiger charge is 2.23. The molecular formula is C15H21NO3. The van der Waals surface area contributed by atoms with E-state index < -0.39 is 0 Å². The second-order valence-electron chi connectivity index (χ2n) is 5.39. The van der Waals surface area contributed by atoms with Crippen LogP contribution in [-0.2, 0) is 6.54 Å². The SMILES string of the molecule is OC1CCCCC1CNCc1cccc2c1OCO2. The van der Waals surface area contributed by atoms with Crippen LogP contribution in [0.15, 0.2) is 18.2 Å². The highest BCUT2D eigenvalue weighted by molar-refractivity contribution is 5.48. The van der Waals surface area contributed by atoms with Crippen molar-refractivity contribution in [2.75, 3.05) is 13.3 Å². The van der Waals surface area contributed by atoms with E-state index >= 15 is 0 Å². The Morgan fingerprint density at radius 2 is 2.11 bits per heavy atom. The minimum absolute atomic E-state index is 0.137. The molecule has 1 aliphatic heterocycles. The molecule has 2 N–H and O–H groups in total. The summed E-state index contributed by atoms with van der Waals surface area (Å²) >= 11 is 0. The number of benzene rings is 1. The Bertz CT molecular complexity index is 435. The maximum Gasteiger partial charge on any atom is 0.231 e. The summed E-state index contributed by atoms with van der Waals surface area (Å²) in [6.45, 7) is 1.94. The van der Waals surface area contributed by atoms with Crippen molar-refractivity contribution in [3.05, 3.63) is 23.8 Å². The molecule has 1 aromatic rings. The summed E-state index contributed by atoms with van der Waals surface area (Å²) in [7, 11) is 0. The monoisotopic (exact) mass is 263 g/mol. The van der Waals surface area contributed by atoms with Gasteiger partial charge in [-0.2, -0.15) is 0 Å². The van der Waals surface area contributed by atoms with Gasteiger partial charge in [0.1, 0.15) is 0 Å². The zero-order chi connectivity index (χ0) is 13.1. The molecule has 0 aromatic heterocycles. The summed E-state index contributed by atoms with van der Waals surface area (Å²) in [6.07, 6.45) is 4.34. The fourth-order valence-corrected chi connectivity index (χ4v) is 2.95. The van der Waals surface area contributed by atoms with Gasteiger partial charge in [-0.15, -0.1) is 0 Å². The molecule has 4 nitrogen and oxygen atoms in total. The molecule has 0 bridgehead atoms. The normalized spacial score (nSPS) is 25.5. The summed E-state index contributed by atoms with van der Waals surface area (Å²) in [6, 6.07) is 5.97. The molecule has 3 rings (SSSR count). The zero-order valence-corrected chi connectivity index (χ0v) is 11.1. The predicted octanol–water partition coefficient (Wildman–Crippen LogP) is 2.06. The molecule has 1 saturated carbocycles. The van der Waals surface area contributed by atoms with Crippen molar-refractivity contribution in [1.29, 1.82) is 0 Å². The van der Waals surface area contributed by atoms with E-state index in [1.165, 1.54) is 6.42 Å². The lowest BCUT2D eigenvalue weighted by molar-refractivity contribution is 0.0695. The summed E-state index contributed by atoms with van der Waals surface area (Å²) in [5.41, 5.74) is 1.13. The van der Waals surface area contributed by atoms with Gasteiger partial charge in [-0.25, -0.2) is 0 Å². The topological polar surface area (TPSA) is 50.7 Å². The van der Waals surface area contributed by atoms with Crippen molar-refractivity contribution in [3.63, 3.8) is 0 Å². The fourth-order valence-electron chi connectivity index (χ4n) is 2.95. The van der Waals surface area contributed by atoms with Gasteiger partial charge in [-0.3, -0.25) is 0 Å². The van der Waals surface area contributed by atoms with Gasteiger partial charge in [0.15, 0.2) is 11.5 Å². The quantitative estimate of drug-likeness (QED) is 0.873. The van der Waals surface area contributed by atoms with E-state index in [0.29, 0.717) is 12.7 Å². The Balaban J connectivity index is 1.54. The number of nitrogens with one attached hydrogen (secondary N) is 1. The van der Waals surface area contributed by atoms with Crippen LogP contribution in [0.1, 0.15) is 31.2 Å². The van der Waals surface area contributed by atoms with Gasteiger partial charge in [0, 0.05) is 18.7 Å². The van der Waals surface area contributed by atoms with Gasteiger partial charge in [0.05, 0.1) is 6.10 Å². The number of rotatable bonds is 4. The van der Waals surface area contributed by atoms with Crippen LogP contribution >= 0.6 is 0 Å². The molecule has 1 aliphatic carbocycles. The van der Waals surface area contributed by atoms with Gasteiger partial charge in [-0.1, -0.05) is 25.0 Å². The summed E-state index contributed by atoms with van der Waals surface area (Å²) in [4.78, 5) is 0. The molecule has 0 spiro atoms. The van der Waals surface area contributed by atoms with Gasteiger partial charge in [0.25, 0.3) is 0 Å². The molecule has 0 amide bonds. The molecule has 19 heavy (non-hydrogen) atoms. The third-order valence-electron chi connectivity index (χ3n) is 4.07. The van der Waals surface area contributed by atoms with Crippen molar-refractivity contribution in [2.45, 2.75) is 38.3 Å². The number of para-hydroxylation sites is 1. The van der Waals surface area contributed by atoms with Crippen LogP contribution in [0.5, 0.6) is 11.5 Å². The third kappa shape index (κ3) is 2.85. The Kier molecular flexibility index (Phi) is 3.89. The van der Waals surface area contributed by atoms with E-state index in [9.17, 15) is 5.11 Å². The number of aliphatic hydroxyl groups is 1. The zero-order valence-electron chi connectivity index (χ0n) is 11.1. The average Bonchev–Trinajstić information content (AvgIpc) is 2.90. The van der Waals surface area contributed by atoms with Gasteiger partial charge in [0.2, 0.25) is 6.79 Å². The highest BCUT2D eigenvalue weighted by atomic mass is 16.7. The smallest absolute Gasteiger partial charge is 0.231 e. The second kappa shape index (κ2) is 5.80. The Morgan fingerprint density at radius 1 is 1.21 bits per heavy atom. The first-order chi connectivity index (χ1) is 9.34. The molecule has 104 valence electrons. The van der Waals surface area contributed by atoms with E-state index in [4.69, 9.17) is 9.47 Å². The van der Waals surface area contributed by atoms with Crippen LogP contribution in [0, 0.1) is 5.92 Å². The molecule has 0 saturated heterocycles. The van der Waals surface area contributed by atoms with Crippen molar-refractivity contribution >= 4 is 0 Å². The van der Waals surface area contributed by atoms with Crippen LogP contribution in [0.2, 0.25) is 0 Å². The summed E-state index contributed by atoms with van der Waals surface area (Å²) in [5.74, 6) is 2.08. The third-order valence-corrected chi connectivity index (χ3v) is 4.07. The minimum atomic E-state index is -0.137. The maximum atomic E-state index is 9.94. The molecule has 1 heterocycles. The molecule has 2 unspecified atom stereocenters. The molecule has 1 fully saturated rings. The molecular weight excluding hydrogens is 242 g/mol.